The molecule has 0 aliphatic heterocycles. The molecular formula is C58H112O6. The summed E-state index contributed by atoms with van der Waals surface area (Å²) in [4.78, 5) is 38.0. The fourth-order valence-electron chi connectivity index (χ4n) is 8.79. The Morgan fingerprint density at radius 2 is 0.547 bits per heavy atom. The number of rotatable bonds is 51. The Balaban J connectivity index is 4.16. The van der Waals surface area contributed by atoms with Crippen LogP contribution in [0.5, 0.6) is 0 Å². The molecule has 6 nitrogen and oxygen atoms in total. The fraction of sp³-hybridized carbons (Fsp3) is 0.948. The number of esters is 3. The van der Waals surface area contributed by atoms with Crippen LogP contribution in [0.1, 0.15) is 318 Å². The lowest BCUT2D eigenvalue weighted by Crippen LogP contribution is -2.30. The zero-order chi connectivity index (χ0) is 47.0. The van der Waals surface area contributed by atoms with Crippen molar-refractivity contribution in [2.24, 2.45) is 17.8 Å². The van der Waals surface area contributed by atoms with Crippen LogP contribution in [-0.2, 0) is 28.6 Å². The highest BCUT2D eigenvalue weighted by atomic mass is 16.6. The van der Waals surface area contributed by atoms with E-state index in [1.807, 2.05) is 0 Å². The van der Waals surface area contributed by atoms with E-state index in [9.17, 15) is 14.4 Å². The molecule has 1 unspecified atom stereocenters. The molecule has 0 fully saturated rings. The van der Waals surface area contributed by atoms with Crippen LogP contribution < -0.4 is 0 Å². The summed E-state index contributed by atoms with van der Waals surface area (Å²) in [6, 6.07) is 0. The normalized spacial score (nSPS) is 12.6. The maximum absolute atomic E-state index is 12.8. The van der Waals surface area contributed by atoms with Gasteiger partial charge in [-0.25, -0.2) is 0 Å². The van der Waals surface area contributed by atoms with Gasteiger partial charge < -0.3 is 14.2 Å². The highest BCUT2D eigenvalue weighted by molar-refractivity contribution is 5.71. The Kier molecular flexibility index (Phi) is 48.1. The van der Waals surface area contributed by atoms with Gasteiger partial charge in [-0.15, -0.1) is 0 Å². The zero-order valence-corrected chi connectivity index (χ0v) is 44.1. The molecule has 0 N–H and O–H groups in total. The topological polar surface area (TPSA) is 78.9 Å². The molecule has 2 atom stereocenters. The van der Waals surface area contributed by atoms with Crippen LogP contribution in [0.25, 0.3) is 0 Å². The summed E-state index contributed by atoms with van der Waals surface area (Å²) in [5, 5.41) is 0. The summed E-state index contributed by atoms with van der Waals surface area (Å²) in [5.41, 5.74) is 0. The van der Waals surface area contributed by atoms with Crippen LogP contribution in [0.3, 0.4) is 0 Å². The molecule has 380 valence electrons. The maximum Gasteiger partial charge on any atom is 0.306 e. The van der Waals surface area contributed by atoms with E-state index in [0.717, 1.165) is 75.5 Å². The van der Waals surface area contributed by atoms with Gasteiger partial charge in [0.05, 0.1) is 0 Å². The van der Waals surface area contributed by atoms with Crippen LogP contribution in [0.15, 0.2) is 0 Å². The van der Waals surface area contributed by atoms with Crippen molar-refractivity contribution in [3.63, 3.8) is 0 Å². The molecule has 0 bridgehead atoms. The first-order valence-corrected chi connectivity index (χ1v) is 28.6. The van der Waals surface area contributed by atoms with Crippen LogP contribution >= 0.6 is 0 Å². The van der Waals surface area contributed by atoms with Crippen molar-refractivity contribution in [1.29, 1.82) is 0 Å². The van der Waals surface area contributed by atoms with Crippen molar-refractivity contribution in [3.8, 4) is 0 Å². The van der Waals surface area contributed by atoms with Gasteiger partial charge in [0.2, 0.25) is 0 Å². The molecule has 0 saturated heterocycles. The van der Waals surface area contributed by atoms with E-state index >= 15 is 0 Å². The monoisotopic (exact) mass is 905 g/mol. The van der Waals surface area contributed by atoms with Gasteiger partial charge in [0.25, 0.3) is 0 Å². The second-order valence-electron chi connectivity index (χ2n) is 21.1. The van der Waals surface area contributed by atoms with Crippen molar-refractivity contribution in [2.75, 3.05) is 13.2 Å². The lowest BCUT2D eigenvalue weighted by molar-refractivity contribution is -0.167. The van der Waals surface area contributed by atoms with Crippen molar-refractivity contribution in [3.05, 3.63) is 0 Å². The summed E-state index contributed by atoms with van der Waals surface area (Å²) in [7, 11) is 0. The third-order valence-electron chi connectivity index (χ3n) is 13.5. The van der Waals surface area contributed by atoms with Gasteiger partial charge in [-0.2, -0.15) is 0 Å². The van der Waals surface area contributed by atoms with Gasteiger partial charge in [-0.1, -0.05) is 279 Å². The quantitative estimate of drug-likeness (QED) is 0.0344. The highest BCUT2D eigenvalue weighted by Crippen LogP contribution is 2.19. The van der Waals surface area contributed by atoms with Crippen molar-refractivity contribution in [2.45, 2.75) is 324 Å². The average molecular weight is 906 g/mol. The fourth-order valence-corrected chi connectivity index (χ4v) is 8.79. The molecule has 64 heavy (non-hydrogen) atoms. The lowest BCUT2D eigenvalue weighted by atomic mass is 9.99. The smallest absolute Gasteiger partial charge is 0.306 e. The highest BCUT2D eigenvalue weighted by Gasteiger charge is 2.19. The SMILES string of the molecule is CCC(C)CCCCCCCCCCCCCCCCCCCCC(=O)OC[C@@H](COC(=O)CCCCCCCCCCCCCCC(C)C)OC(=O)CCCCCCCCC(C)C. The average Bonchev–Trinajstić information content (AvgIpc) is 3.27. The number of carbonyl (C=O) groups is 3. The third-order valence-corrected chi connectivity index (χ3v) is 13.5. The Hall–Kier alpha value is -1.59. The van der Waals surface area contributed by atoms with Gasteiger partial charge in [0.1, 0.15) is 13.2 Å². The van der Waals surface area contributed by atoms with Gasteiger partial charge in [-0.3, -0.25) is 14.4 Å². The lowest BCUT2D eigenvalue weighted by Gasteiger charge is -2.18. The predicted molar refractivity (Wildman–Crippen MR) is 275 cm³/mol. The van der Waals surface area contributed by atoms with Crippen LogP contribution in [-0.4, -0.2) is 37.2 Å². The van der Waals surface area contributed by atoms with Crippen molar-refractivity contribution in [1.82, 2.24) is 0 Å². The van der Waals surface area contributed by atoms with E-state index < -0.39 is 6.10 Å². The molecule has 0 spiro atoms. The molecule has 0 rings (SSSR count). The predicted octanol–water partition coefficient (Wildman–Crippen LogP) is 18.7. The molecule has 0 aromatic rings. The number of unbranched alkanes of at least 4 members (excludes halogenated alkanes) is 33. The summed E-state index contributed by atoms with van der Waals surface area (Å²) in [6.07, 6.45) is 51.1. The minimum atomic E-state index is -0.764. The van der Waals surface area contributed by atoms with Crippen LogP contribution in [0.4, 0.5) is 0 Å². The van der Waals surface area contributed by atoms with Gasteiger partial charge in [-0.05, 0) is 37.0 Å². The second-order valence-corrected chi connectivity index (χ2v) is 21.1. The van der Waals surface area contributed by atoms with Crippen molar-refractivity contribution >= 4 is 17.9 Å². The largest absolute Gasteiger partial charge is 0.462 e. The van der Waals surface area contributed by atoms with Gasteiger partial charge >= 0.3 is 17.9 Å². The van der Waals surface area contributed by atoms with Crippen LogP contribution in [0.2, 0.25) is 0 Å². The molecule has 0 aliphatic carbocycles. The van der Waals surface area contributed by atoms with Gasteiger partial charge in [0.15, 0.2) is 6.10 Å². The maximum atomic E-state index is 12.8. The Morgan fingerprint density at radius 3 is 0.812 bits per heavy atom. The Bertz CT molecular complexity index is 993. The van der Waals surface area contributed by atoms with E-state index in [1.54, 1.807) is 0 Å². The summed E-state index contributed by atoms with van der Waals surface area (Å²) >= 11 is 0. The summed E-state index contributed by atoms with van der Waals surface area (Å²) in [5.74, 6) is 1.65. The van der Waals surface area contributed by atoms with Gasteiger partial charge in [0, 0.05) is 19.3 Å². The first-order valence-electron chi connectivity index (χ1n) is 28.6. The van der Waals surface area contributed by atoms with E-state index in [-0.39, 0.29) is 31.1 Å². The molecule has 6 heteroatoms. The molecule has 0 saturated carbocycles. The second kappa shape index (κ2) is 49.3. The molecular weight excluding hydrogens is 793 g/mol. The summed E-state index contributed by atoms with van der Waals surface area (Å²) < 4.78 is 16.8. The van der Waals surface area contributed by atoms with E-state index in [1.165, 1.54) is 199 Å². The van der Waals surface area contributed by atoms with E-state index in [4.69, 9.17) is 14.2 Å². The first kappa shape index (κ1) is 62.4. The van der Waals surface area contributed by atoms with E-state index in [0.29, 0.717) is 19.3 Å². The number of hydrogen-bond acceptors (Lipinski definition) is 6. The van der Waals surface area contributed by atoms with Crippen LogP contribution in [0, 0.1) is 17.8 Å². The molecule has 0 radical (unpaired) electrons. The third kappa shape index (κ3) is 49.8. The molecule has 0 amide bonds. The first-order chi connectivity index (χ1) is 31.1. The number of ether oxygens (including phenoxy) is 3. The Labute approximate surface area is 399 Å². The minimum absolute atomic E-state index is 0.0649. The summed E-state index contributed by atoms with van der Waals surface area (Å²) in [6.45, 7) is 13.7. The molecule has 0 aromatic heterocycles. The van der Waals surface area contributed by atoms with Crippen molar-refractivity contribution < 1.29 is 28.6 Å². The van der Waals surface area contributed by atoms with E-state index in [2.05, 4.69) is 41.5 Å². The zero-order valence-electron chi connectivity index (χ0n) is 44.1. The number of carbonyl (C=O) groups excluding carboxylic acids is 3. The Morgan fingerprint density at radius 1 is 0.312 bits per heavy atom. The molecule has 0 heterocycles. The standard InChI is InChI=1S/C58H112O6/c1-7-54(6)46-40-34-27-23-19-14-12-10-8-9-11-13-15-20-24-28-35-41-47-56(59)62-50-55(64-58(61)49-43-37-31-30-33-39-45-53(4)5)51-63-57(60)48-42-36-29-25-21-17-16-18-22-26-32-38-44-52(2)3/h52-55H,7-51H2,1-6H3/t54?,55-/m0/s1. The molecule has 0 aliphatic rings. The minimum Gasteiger partial charge on any atom is -0.462 e. The molecule has 0 aromatic carbocycles. The number of hydrogen-bond donors (Lipinski definition) is 0.